The van der Waals surface area contributed by atoms with Gasteiger partial charge in [0.15, 0.2) is 0 Å². The molecule has 0 bridgehead atoms. The van der Waals surface area contributed by atoms with Gasteiger partial charge in [-0.3, -0.25) is 0 Å². The van der Waals surface area contributed by atoms with E-state index in [-0.39, 0.29) is 0 Å². The van der Waals surface area contributed by atoms with Gasteiger partial charge in [0.25, 0.3) is 0 Å². The van der Waals surface area contributed by atoms with E-state index in [1.54, 1.807) is 18.2 Å². The van der Waals surface area contributed by atoms with Crippen molar-refractivity contribution in [3.05, 3.63) is 40.0 Å². The molecule has 1 aromatic carbocycles. The Hall–Kier alpha value is -1.26. The first-order valence-electron chi connectivity index (χ1n) is 5.19. The molecule has 0 amide bonds. The minimum absolute atomic E-state index is 0.424. The first-order valence-corrected chi connectivity index (χ1v) is 5.95. The molecule has 0 atom stereocenters. The van der Waals surface area contributed by atoms with Crippen LogP contribution < -0.4 is 5.32 Å². The molecule has 1 N–H and O–H groups in total. The lowest BCUT2D eigenvalue weighted by molar-refractivity contribution is 0.460. The molecule has 90 valence electrons. The second-order valence-corrected chi connectivity index (χ2v) is 4.26. The Morgan fingerprint density at radius 1 is 1.24 bits per heavy atom. The number of hydrogen-bond acceptors (Lipinski definition) is 4. The standard InChI is InChI=1S/C11H11Cl2N3O/c1-2-10-15-16-11(17-10)6-14-9-5-7(12)3-4-8(9)13/h3-5,14H,2,6H2,1H3. The molecule has 0 saturated heterocycles. The summed E-state index contributed by atoms with van der Waals surface area (Å²) in [5.74, 6) is 1.15. The molecule has 1 heterocycles. The van der Waals surface area contributed by atoms with E-state index >= 15 is 0 Å². The van der Waals surface area contributed by atoms with E-state index < -0.39 is 0 Å². The van der Waals surface area contributed by atoms with Gasteiger partial charge >= 0.3 is 0 Å². The molecule has 0 saturated carbocycles. The fourth-order valence-corrected chi connectivity index (χ4v) is 1.66. The lowest BCUT2D eigenvalue weighted by atomic mass is 10.3. The number of nitrogens with one attached hydrogen (secondary N) is 1. The lowest BCUT2D eigenvalue weighted by Crippen LogP contribution is -2.00. The fourth-order valence-electron chi connectivity index (χ4n) is 1.31. The van der Waals surface area contributed by atoms with E-state index in [2.05, 4.69) is 15.5 Å². The summed E-state index contributed by atoms with van der Waals surface area (Å²) in [5.41, 5.74) is 0.746. The summed E-state index contributed by atoms with van der Waals surface area (Å²) >= 11 is 11.9. The number of anilines is 1. The third kappa shape index (κ3) is 3.11. The number of aryl methyl sites for hydroxylation is 1. The third-order valence-corrected chi connectivity index (χ3v) is 2.73. The molecule has 6 heteroatoms. The maximum absolute atomic E-state index is 6.01. The molecule has 2 rings (SSSR count). The normalized spacial score (nSPS) is 10.5. The quantitative estimate of drug-likeness (QED) is 0.924. The predicted molar refractivity (Wildman–Crippen MR) is 67.5 cm³/mol. The maximum Gasteiger partial charge on any atom is 0.235 e. The zero-order chi connectivity index (χ0) is 12.3. The van der Waals surface area contributed by atoms with E-state index in [4.69, 9.17) is 27.6 Å². The van der Waals surface area contributed by atoms with Crippen molar-refractivity contribution in [3.8, 4) is 0 Å². The number of halogens is 2. The van der Waals surface area contributed by atoms with Gasteiger partial charge in [-0.1, -0.05) is 30.1 Å². The summed E-state index contributed by atoms with van der Waals surface area (Å²) in [6.07, 6.45) is 0.727. The highest BCUT2D eigenvalue weighted by Gasteiger charge is 2.05. The van der Waals surface area contributed by atoms with Crippen LogP contribution in [0.15, 0.2) is 22.6 Å². The molecule has 0 spiro atoms. The highest BCUT2D eigenvalue weighted by atomic mass is 35.5. The average Bonchev–Trinajstić information content (AvgIpc) is 2.78. The topological polar surface area (TPSA) is 51.0 Å². The van der Waals surface area contributed by atoms with Crippen molar-refractivity contribution in [3.63, 3.8) is 0 Å². The van der Waals surface area contributed by atoms with Crippen molar-refractivity contribution in [1.82, 2.24) is 10.2 Å². The Labute approximate surface area is 109 Å². The van der Waals surface area contributed by atoms with Crippen LogP contribution in [0.2, 0.25) is 10.0 Å². The second-order valence-electron chi connectivity index (χ2n) is 3.42. The van der Waals surface area contributed by atoms with Gasteiger partial charge in [0.05, 0.1) is 17.3 Å². The molecule has 0 aliphatic carbocycles. The molecule has 0 radical (unpaired) electrons. The highest BCUT2D eigenvalue weighted by Crippen LogP contribution is 2.25. The summed E-state index contributed by atoms with van der Waals surface area (Å²) < 4.78 is 5.36. The zero-order valence-corrected chi connectivity index (χ0v) is 10.7. The van der Waals surface area contributed by atoms with Gasteiger partial charge < -0.3 is 9.73 Å². The second kappa shape index (κ2) is 5.38. The molecular formula is C11H11Cl2N3O. The minimum Gasteiger partial charge on any atom is -0.423 e. The van der Waals surface area contributed by atoms with Crippen LogP contribution in [-0.2, 0) is 13.0 Å². The Balaban J connectivity index is 2.04. The van der Waals surface area contributed by atoms with Crippen LogP contribution >= 0.6 is 23.2 Å². The van der Waals surface area contributed by atoms with Crippen LogP contribution in [0.4, 0.5) is 5.69 Å². The van der Waals surface area contributed by atoms with Crippen LogP contribution in [0.25, 0.3) is 0 Å². The zero-order valence-electron chi connectivity index (χ0n) is 9.20. The van der Waals surface area contributed by atoms with Crippen LogP contribution in [0.3, 0.4) is 0 Å². The van der Waals surface area contributed by atoms with Crippen molar-refractivity contribution >= 4 is 28.9 Å². The first kappa shape index (κ1) is 12.2. The first-order chi connectivity index (χ1) is 8.19. The number of rotatable bonds is 4. The number of benzene rings is 1. The van der Waals surface area contributed by atoms with E-state index in [0.29, 0.717) is 28.4 Å². The van der Waals surface area contributed by atoms with Crippen molar-refractivity contribution < 1.29 is 4.42 Å². The molecule has 2 aromatic rings. The SMILES string of the molecule is CCc1nnc(CNc2cc(Cl)ccc2Cl)o1. The lowest BCUT2D eigenvalue weighted by Gasteiger charge is -2.06. The number of aromatic nitrogens is 2. The van der Waals surface area contributed by atoms with Gasteiger partial charge in [0.2, 0.25) is 11.8 Å². The van der Waals surface area contributed by atoms with Crippen molar-refractivity contribution in [2.24, 2.45) is 0 Å². The summed E-state index contributed by atoms with van der Waals surface area (Å²) in [6.45, 7) is 2.38. The van der Waals surface area contributed by atoms with Crippen LogP contribution in [0.5, 0.6) is 0 Å². The Kier molecular flexibility index (Phi) is 3.86. The average molecular weight is 272 g/mol. The monoisotopic (exact) mass is 271 g/mol. The minimum atomic E-state index is 0.424. The van der Waals surface area contributed by atoms with Gasteiger partial charge in [-0.15, -0.1) is 10.2 Å². The van der Waals surface area contributed by atoms with E-state index in [0.717, 1.165) is 12.1 Å². The molecule has 0 aliphatic rings. The molecule has 1 aromatic heterocycles. The highest BCUT2D eigenvalue weighted by molar-refractivity contribution is 6.35. The maximum atomic E-state index is 6.01. The van der Waals surface area contributed by atoms with Crippen molar-refractivity contribution in [2.75, 3.05) is 5.32 Å². The predicted octanol–water partition coefficient (Wildman–Crippen LogP) is 3.55. The molecular weight excluding hydrogens is 261 g/mol. The van der Waals surface area contributed by atoms with Crippen LogP contribution in [-0.4, -0.2) is 10.2 Å². The third-order valence-electron chi connectivity index (χ3n) is 2.17. The summed E-state index contributed by atoms with van der Waals surface area (Å²) in [6, 6.07) is 5.22. The summed E-state index contributed by atoms with van der Waals surface area (Å²) in [5, 5.41) is 12.1. The molecule has 0 aliphatic heterocycles. The van der Waals surface area contributed by atoms with E-state index in [1.807, 2.05) is 6.92 Å². The largest absolute Gasteiger partial charge is 0.423 e. The van der Waals surface area contributed by atoms with Gasteiger partial charge in [-0.05, 0) is 18.2 Å². The molecule has 0 unspecified atom stereocenters. The van der Waals surface area contributed by atoms with Crippen LogP contribution in [0, 0.1) is 0 Å². The van der Waals surface area contributed by atoms with E-state index in [9.17, 15) is 0 Å². The number of nitrogens with zero attached hydrogens (tertiary/aromatic N) is 2. The molecule has 0 fully saturated rings. The molecule has 17 heavy (non-hydrogen) atoms. The van der Waals surface area contributed by atoms with Gasteiger partial charge in [0.1, 0.15) is 0 Å². The Morgan fingerprint density at radius 2 is 2.00 bits per heavy atom. The van der Waals surface area contributed by atoms with Crippen LogP contribution in [0.1, 0.15) is 18.7 Å². The van der Waals surface area contributed by atoms with E-state index in [1.165, 1.54) is 0 Å². The van der Waals surface area contributed by atoms with Crippen molar-refractivity contribution in [2.45, 2.75) is 19.9 Å². The Morgan fingerprint density at radius 3 is 2.71 bits per heavy atom. The summed E-state index contributed by atoms with van der Waals surface area (Å²) in [7, 11) is 0. The molecule has 4 nitrogen and oxygen atoms in total. The van der Waals surface area contributed by atoms with Crippen molar-refractivity contribution in [1.29, 1.82) is 0 Å². The van der Waals surface area contributed by atoms with Gasteiger partial charge in [-0.2, -0.15) is 0 Å². The smallest absolute Gasteiger partial charge is 0.235 e. The Bertz CT molecular complexity index is 513. The van der Waals surface area contributed by atoms with Gasteiger partial charge in [0, 0.05) is 11.4 Å². The number of hydrogen-bond donors (Lipinski definition) is 1. The van der Waals surface area contributed by atoms with Gasteiger partial charge in [-0.25, -0.2) is 0 Å². The fraction of sp³-hybridized carbons (Fsp3) is 0.273. The summed E-state index contributed by atoms with van der Waals surface area (Å²) in [4.78, 5) is 0.